The van der Waals surface area contributed by atoms with Gasteiger partial charge in [0.1, 0.15) is 5.75 Å². The third-order valence-corrected chi connectivity index (χ3v) is 5.70. The number of para-hydroxylation sites is 1. The summed E-state index contributed by atoms with van der Waals surface area (Å²) in [5, 5.41) is 7.84. The number of aryl methyl sites for hydroxylation is 2. The van der Waals surface area contributed by atoms with Crippen LogP contribution in [0.15, 0.2) is 60.8 Å². The summed E-state index contributed by atoms with van der Waals surface area (Å²) < 4.78 is 7.23. The number of aromatic nitrogens is 2. The van der Waals surface area contributed by atoms with E-state index < -0.39 is 0 Å². The number of benzene rings is 2. The number of carbonyl (C=O) groups is 1. The van der Waals surface area contributed by atoms with Crippen LogP contribution in [0, 0.1) is 0 Å². The zero-order valence-electron chi connectivity index (χ0n) is 16.3. The predicted octanol–water partition coefficient (Wildman–Crippen LogP) is 3.29. The molecule has 1 heterocycles. The lowest BCUT2D eigenvalue weighted by Gasteiger charge is -2.37. The molecule has 1 atom stereocenters. The van der Waals surface area contributed by atoms with Crippen molar-refractivity contribution in [1.82, 2.24) is 15.1 Å². The molecule has 0 spiro atoms. The van der Waals surface area contributed by atoms with Crippen LogP contribution < -0.4 is 10.1 Å². The van der Waals surface area contributed by atoms with Crippen molar-refractivity contribution in [2.45, 2.75) is 24.7 Å². The van der Waals surface area contributed by atoms with Crippen molar-refractivity contribution in [3.8, 4) is 5.75 Å². The minimum Gasteiger partial charge on any atom is -0.496 e. The van der Waals surface area contributed by atoms with E-state index in [2.05, 4.69) is 40.9 Å². The molecule has 1 aliphatic carbocycles. The molecule has 5 nitrogen and oxygen atoms in total. The molecule has 1 aliphatic rings. The summed E-state index contributed by atoms with van der Waals surface area (Å²) in [6.45, 7) is 0.559. The van der Waals surface area contributed by atoms with Crippen molar-refractivity contribution in [2.24, 2.45) is 7.05 Å². The van der Waals surface area contributed by atoms with Gasteiger partial charge < -0.3 is 10.1 Å². The SMILES string of the molecule is COc1ccccc1C(=O)NCC1(c2ccccc2)CCc2cn(C)nc2C1. The Morgan fingerprint density at radius 3 is 2.71 bits per heavy atom. The Hall–Kier alpha value is -3.08. The largest absolute Gasteiger partial charge is 0.496 e. The van der Waals surface area contributed by atoms with Crippen LogP contribution in [0.3, 0.4) is 0 Å². The van der Waals surface area contributed by atoms with E-state index in [1.807, 2.05) is 36.0 Å². The van der Waals surface area contributed by atoms with Gasteiger partial charge in [0.2, 0.25) is 0 Å². The quantitative estimate of drug-likeness (QED) is 0.745. The molecule has 5 heteroatoms. The average molecular weight is 375 g/mol. The van der Waals surface area contributed by atoms with Crippen molar-refractivity contribution in [1.29, 1.82) is 0 Å². The Morgan fingerprint density at radius 2 is 1.93 bits per heavy atom. The molecular weight excluding hydrogens is 350 g/mol. The van der Waals surface area contributed by atoms with Crippen LogP contribution in [0.2, 0.25) is 0 Å². The Labute approximate surface area is 165 Å². The first-order valence-electron chi connectivity index (χ1n) is 9.59. The van der Waals surface area contributed by atoms with Gasteiger partial charge in [-0.15, -0.1) is 0 Å². The Bertz CT molecular complexity index is 981. The molecule has 1 amide bonds. The summed E-state index contributed by atoms with van der Waals surface area (Å²) >= 11 is 0. The molecule has 0 saturated carbocycles. The van der Waals surface area contributed by atoms with E-state index >= 15 is 0 Å². The highest BCUT2D eigenvalue weighted by Crippen LogP contribution is 2.38. The fourth-order valence-corrected chi connectivity index (χ4v) is 4.19. The second kappa shape index (κ2) is 7.50. The summed E-state index contributed by atoms with van der Waals surface area (Å²) in [7, 11) is 3.55. The van der Waals surface area contributed by atoms with Gasteiger partial charge in [-0.05, 0) is 36.1 Å². The van der Waals surface area contributed by atoms with Crippen LogP contribution in [0.1, 0.15) is 33.6 Å². The predicted molar refractivity (Wildman–Crippen MR) is 109 cm³/mol. The topological polar surface area (TPSA) is 56.1 Å². The molecule has 0 aliphatic heterocycles. The van der Waals surface area contributed by atoms with Gasteiger partial charge in [0, 0.05) is 31.6 Å². The number of nitrogens with zero attached hydrogens (tertiary/aromatic N) is 2. The third kappa shape index (κ3) is 3.40. The van der Waals surface area contributed by atoms with Crippen LogP contribution in [0.25, 0.3) is 0 Å². The van der Waals surface area contributed by atoms with Crippen molar-refractivity contribution < 1.29 is 9.53 Å². The monoisotopic (exact) mass is 375 g/mol. The first-order valence-corrected chi connectivity index (χ1v) is 9.59. The number of carbonyl (C=O) groups excluding carboxylic acids is 1. The fourth-order valence-electron chi connectivity index (χ4n) is 4.19. The van der Waals surface area contributed by atoms with E-state index in [-0.39, 0.29) is 11.3 Å². The van der Waals surface area contributed by atoms with E-state index in [0.717, 1.165) is 25.0 Å². The summed E-state index contributed by atoms with van der Waals surface area (Å²) in [4.78, 5) is 12.9. The second-order valence-corrected chi connectivity index (χ2v) is 7.48. The van der Waals surface area contributed by atoms with Gasteiger partial charge in [-0.1, -0.05) is 42.5 Å². The molecule has 144 valence electrons. The smallest absolute Gasteiger partial charge is 0.255 e. The van der Waals surface area contributed by atoms with E-state index in [0.29, 0.717) is 17.9 Å². The van der Waals surface area contributed by atoms with E-state index in [1.54, 1.807) is 13.2 Å². The highest BCUT2D eigenvalue weighted by molar-refractivity contribution is 5.97. The maximum atomic E-state index is 12.9. The summed E-state index contributed by atoms with van der Waals surface area (Å²) in [5.41, 5.74) is 4.07. The normalized spacial score (nSPS) is 18.4. The van der Waals surface area contributed by atoms with Gasteiger partial charge in [-0.2, -0.15) is 5.10 Å². The average Bonchev–Trinajstić information content (AvgIpc) is 3.11. The summed E-state index contributed by atoms with van der Waals surface area (Å²) in [6, 6.07) is 17.8. The first kappa shape index (κ1) is 18.3. The van der Waals surface area contributed by atoms with Crippen LogP contribution in [0.5, 0.6) is 5.75 Å². The molecule has 2 aromatic carbocycles. The maximum Gasteiger partial charge on any atom is 0.255 e. The molecule has 0 radical (unpaired) electrons. The molecule has 0 fully saturated rings. The standard InChI is InChI=1S/C23H25N3O2/c1-26-15-17-12-13-23(14-20(17)25-26,18-8-4-3-5-9-18)16-24-22(27)19-10-6-7-11-21(19)28-2/h3-11,15H,12-14,16H2,1-2H3,(H,24,27). The minimum absolute atomic E-state index is 0.112. The van der Waals surface area contributed by atoms with Crippen LogP contribution >= 0.6 is 0 Å². The molecule has 3 aromatic rings. The van der Waals surface area contributed by atoms with Gasteiger partial charge in [-0.3, -0.25) is 9.48 Å². The summed E-state index contributed by atoms with van der Waals surface area (Å²) in [6.07, 6.45) is 4.86. The number of fused-ring (bicyclic) bond motifs is 1. The van der Waals surface area contributed by atoms with Gasteiger partial charge >= 0.3 is 0 Å². The van der Waals surface area contributed by atoms with Gasteiger partial charge in [-0.25, -0.2) is 0 Å². The third-order valence-electron chi connectivity index (χ3n) is 5.70. The Kier molecular flexibility index (Phi) is 4.90. The molecule has 28 heavy (non-hydrogen) atoms. The van der Waals surface area contributed by atoms with Crippen LogP contribution in [0.4, 0.5) is 0 Å². The van der Waals surface area contributed by atoms with Gasteiger partial charge in [0.25, 0.3) is 5.91 Å². The molecule has 1 N–H and O–H groups in total. The number of hydrogen-bond donors (Lipinski definition) is 1. The van der Waals surface area contributed by atoms with Crippen molar-refractivity contribution in [2.75, 3.05) is 13.7 Å². The zero-order valence-corrected chi connectivity index (χ0v) is 16.3. The molecule has 1 aromatic heterocycles. The van der Waals surface area contributed by atoms with Crippen molar-refractivity contribution in [3.63, 3.8) is 0 Å². The first-order chi connectivity index (χ1) is 13.6. The van der Waals surface area contributed by atoms with Crippen molar-refractivity contribution >= 4 is 5.91 Å². The highest BCUT2D eigenvalue weighted by atomic mass is 16.5. The van der Waals surface area contributed by atoms with E-state index in [9.17, 15) is 4.79 Å². The van der Waals surface area contributed by atoms with E-state index in [1.165, 1.54) is 11.1 Å². The number of rotatable bonds is 5. The lowest BCUT2D eigenvalue weighted by Crippen LogP contribution is -2.44. The van der Waals surface area contributed by atoms with Crippen LogP contribution in [-0.2, 0) is 25.3 Å². The molecule has 0 bridgehead atoms. The second-order valence-electron chi connectivity index (χ2n) is 7.48. The number of amides is 1. The number of ether oxygens (including phenoxy) is 1. The maximum absolute atomic E-state index is 12.9. The lowest BCUT2D eigenvalue weighted by molar-refractivity contribution is 0.0937. The van der Waals surface area contributed by atoms with Gasteiger partial charge in [0.05, 0.1) is 18.4 Å². The number of methoxy groups -OCH3 is 1. The van der Waals surface area contributed by atoms with Crippen LogP contribution in [-0.4, -0.2) is 29.3 Å². The number of nitrogens with one attached hydrogen (secondary N) is 1. The van der Waals surface area contributed by atoms with E-state index in [4.69, 9.17) is 4.74 Å². The molecular formula is C23H25N3O2. The molecule has 1 unspecified atom stereocenters. The summed E-state index contributed by atoms with van der Waals surface area (Å²) in [5.74, 6) is 0.476. The molecule has 0 saturated heterocycles. The van der Waals surface area contributed by atoms with Gasteiger partial charge in [0.15, 0.2) is 0 Å². The molecule has 4 rings (SSSR count). The lowest BCUT2D eigenvalue weighted by atomic mass is 9.69. The highest BCUT2D eigenvalue weighted by Gasteiger charge is 2.38. The Morgan fingerprint density at radius 1 is 1.18 bits per heavy atom. The Balaban J connectivity index is 1.62. The zero-order chi connectivity index (χ0) is 19.6. The fraction of sp³-hybridized carbons (Fsp3) is 0.304. The minimum atomic E-state index is -0.166. The van der Waals surface area contributed by atoms with Crippen molar-refractivity contribution in [3.05, 3.63) is 83.2 Å². The number of hydrogen-bond acceptors (Lipinski definition) is 3.